The molecule has 4 heterocycles. The molecule has 0 saturated carbocycles. The second-order valence-corrected chi connectivity index (χ2v) is 8.47. The number of nitrogens with zero attached hydrogens (tertiary/aromatic N) is 6. The largest absolute Gasteiger partial charge is 0.272 e. The monoisotopic (exact) mass is 392 g/mol. The summed E-state index contributed by atoms with van der Waals surface area (Å²) >= 11 is 6.37. The third kappa shape index (κ3) is 2.72. The molecule has 0 saturated heterocycles. The average molecular weight is 393 g/mol. The van der Waals surface area contributed by atoms with Gasteiger partial charge >= 0.3 is 0 Å². The zero-order valence-electron chi connectivity index (χ0n) is 14.3. The fourth-order valence-electron chi connectivity index (χ4n) is 3.07. The van der Waals surface area contributed by atoms with Crippen molar-refractivity contribution in [2.24, 2.45) is 7.05 Å². The average Bonchev–Trinajstić information content (AvgIpc) is 3.21. The summed E-state index contributed by atoms with van der Waals surface area (Å²) in [6.45, 7) is 2.43. The second-order valence-electron chi connectivity index (χ2n) is 6.16. The van der Waals surface area contributed by atoms with Gasteiger partial charge in [0.05, 0.1) is 23.1 Å². The number of hydrogen-bond donors (Lipinski definition) is 0. The summed E-state index contributed by atoms with van der Waals surface area (Å²) in [6, 6.07) is 1.87. The van der Waals surface area contributed by atoms with Crippen LogP contribution in [0.2, 0.25) is 5.02 Å². The van der Waals surface area contributed by atoms with Gasteiger partial charge in [-0.2, -0.15) is 14.5 Å². The zero-order chi connectivity index (χ0) is 18.5. The van der Waals surface area contributed by atoms with Gasteiger partial charge in [-0.3, -0.25) is 4.68 Å². The number of rotatable bonds is 3. The van der Waals surface area contributed by atoms with Gasteiger partial charge in [-0.15, -0.1) is 0 Å². The fraction of sp³-hybridized carbons (Fsp3) is 0.312. The normalized spacial score (nSPS) is 16.2. The molecule has 0 aromatic carbocycles. The predicted molar refractivity (Wildman–Crippen MR) is 97.3 cm³/mol. The first-order chi connectivity index (χ1) is 12.4. The number of halogens is 1. The Balaban J connectivity index is 1.63. The van der Waals surface area contributed by atoms with Crippen LogP contribution in [-0.2, 0) is 17.1 Å². The maximum atomic E-state index is 12.9. The standard InChI is InChI=1S/C16H17ClN6O2S/c1-11-15(8-19-21(11)2)26(24,25)22-5-3-12(4-6-22)13-7-16-18-10-20-23(16)9-14(13)17/h3,7-10H,4-6H2,1-2H3. The van der Waals surface area contributed by atoms with Crippen molar-refractivity contribution in [2.45, 2.75) is 18.2 Å². The van der Waals surface area contributed by atoms with Gasteiger partial charge in [-0.05, 0) is 25.0 Å². The van der Waals surface area contributed by atoms with Crippen molar-refractivity contribution in [3.8, 4) is 0 Å². The highest BCUT2D eigenvalue weighted by atomic mass is 35.5. The summed E-state index contributed by atoms with van der Waals surface area (Å²) in [5.41, 5.74) is 3.20. The van der Waals surface area contributed by atoms with E-state index >= 15 is 0 Å². The lowest BCUT2D eigenvalue weighted by Crippen LogP contribution is -2.35. The first-order valence-corrected chi connectivity index (χ1v) is 9.87. The minimum absolute atomic E-state index is 0.250. The third-order valence-electron chi connectivity index (χ3n) is 4.69. The highest BCUT2D eigenvalue weighted by molar-refractivity contribution is 7.89. The Kier molecular flexibility index (Phi) is 4.09. The van der Waals surface area contributed by atoms with E-state index in [1.54, 1.807) is 29.4 Å². The summed E-state index contributed by atoms with van der Waals surface area (Å²) < 4.78 is 30.4. The van der Waals surface area contributed by atoms with Gasteiger partial charge in [0, 0.05) is 25.7 Å². The summed E-state index contributed by atoms with van der Waals surface area (Å²) in [4.78, 5) is 4.42. The van der Waals surface area contributed by atoms with E-state index in [0.29, 0.717) is 35.9 Å². The molecule has 1 aliphatic heterocycles. The van der Waals surface area contributed by atoms with E-state index in [1.165, 1.54) is 16.8 Å². The maximum absolute atomic E-state index is 12.9. The third-order valence-corrected chi connectivity index (χ3v) is 6.96. The van der Waals surface area contributed by atoms with Crippen molar-refractivity contribution >= 4 is 32.8 Å². The van der Waals surface area contributed by atoms with Crippen LogP contribution in [0.4, 0.5) is 0 Å². The molecule has 0 radical (unpaired) electrons. The molecule has 0 aliphatic carbocycles. The van der Waals surface area contributed by atoms with Gasteiger partial charge in [0.25, 0.3) is 0 Å². The molecule has 4 rings (SSSR count). The van der Waals surface area contributed by atoms with Gasteiger partial charge in [-0.25, -0.2) is 17.9 Å². The van der Waals surface area contributed by atoms with Crippen LogP contribution in [0.1, 0.15) is 17.7 Å². The number of aryl methyl sites for hydroxylation is 1. The van der Waals surface area contributed by atoms with Crippen molar-refractivity contribution in [1.29, 1.82) is 0 Å². The van der Waals surface area contributed by atoms with E-state index in [1.807, 2.05) is 12.1 Å². The van der Waals surface area contributed by atoms with Crippen molar-refractivity contribution in [2.75, 3.05) is 13.1 Å². The van der Waals surface area contributed by atoms with Gasteiger partial charge in [0.1, 0.15) is 11.2 Å². The fourth-order valence-corrected chi connectivity index (χ4v) is 4.90. The molecule has 0 spiro atoms. The molecular weight excluding hydrogens is 376 g/mol. The number of fused-ring (bicyclic) bond motifs is 1. The molecule has 3 aromatic heterocycles. The summed E-state index contributed by atoms with van der Waals surface area (Å²) in [7, 11) is -1.84. The highest BCUT2D eigenvalue weighted by Gasteiger charge is 2.29. The summed E-state index contributed by atoms with van der Waals surface area (Å²) in [5.74, 6) is 0. The molecule has 0 unspecified atom stereocenters. The van der Waals surface area contributed by atoms with Crippen LogP contribution in [-0.4, -0.2) is 50.2 Å². The number of hydrogen-bond acceptors (Lipinski definition) is 5. The van der Waals surface area contributed by atoms with Crippen LogP contribution in [0.15, 0.2) is 35.8 Å². The Morgan fingerprint density at radius 3 is 2.73 bits per heavy atom. The molecule has 10 heteroatoms. The van der Waals surface area contributed by atoms with E-state index in [4.69, 9.17) is 11.6 Å². The van der Waals surface area contributed by atoms with E-state index in [9.17, 15) is 8.42 Å². The van der Waals surface area contributed by atoms with E-state index in [-0.39, 0.29) is 4.90 Å². The van der Waals surface area contributed by atoms with E-state index in [2.05, 4.69) is 15.2 Å². The quantitative estimate of drug-likeness (QED) is 0.679. The topological polar surface area (TPSA) is 85.4 Å². The van der Waals surface area contributed by atoms with Crippen molar-refractivity contribution in [3.63, 3.8) is 0 Å². The van der Waals surface area contributed by atoms with Gasteiger partial charge in [0.2, 0.25) is 10.0 Å². The Labute approximate surface area is 155 Å². The second kappa shape index (κ2) is 6.19. The minimum atomic E-state index is -3.57. The number of sulfonamides is 1. The first kappa shape index (κ1) is 17.2. The number of pyridine rings is 1. The summed E-state index contributed by atoms with van der Waals surface area (Å²) in [5, 5.41) is 8.66. The molecule has 0 amide bonds. The molecule has 0 fully saturated rings. The van der Waals surface area contributed by atoms with Gasteiger partial charge in [-0.1, -0.05) is 17.7 Å². The van der Waals surface area contributed by atoms with Crippen LogP contribution in [0.3, 0.4) is 0 Å². The molecule has 3 aromatic rings. The van der Waals surface area contributed by atoms with Crippen LogP contribution in [0.5, 0.6) is 0 Å². The predicted octanol–water partition coefficient (Wildman–Crippen LogP) is 1.90. The number of aromatic nitrogens is 5. The Morgan fingerprint density at radius 1 is 1.27 bits per heavy atom. The van der Waals surface area contributed by atoms with Gasteiger partial charge in [0.15, 0.2) is 5.65 Å². The lowest BCUT2D eigenvalue weighted by molar-refractivity contribution is 0.440. The van der Waals surface area contributed by atoms with Crippen molar-refractivity contribution in [3.05, 3.63) is 47.1 Å². The lowest BCUT2D eigenvalue weighted by atomic mass is 10.0. The van der Waals surface area contributed by atoms with Gasteiger partial charge < -0.3 is 0 Å². The molecule has 1 aliphatic rings. The summed E-state index contributed by atoms with van der Waals surface area (Å²) in [6.07, 6.45) is 7.06. The van der Waals surface area contributed by atoms with Crippen molar-refractivity contribution in [1.82, 2.24) is 28.7 Å². The van der Waals surface area contributed by atoms with Crippen LogP contribution >= 0.6 is 11.6 Å². The van der Waals surface area contributed by atoms with E-state index in [0.717, 1.165) is 11.1 Å². The molecule has 136 valence electrons. The molecule has 26 heavy (non-hydrogen) atoms. The Bertz CT molecular complexity index is 1130. The smallest absolute Gasteiger partial charge is 0.246 e. The molecule has 0 atom stereocenters. The van der Waals surface area contributed by atoms with Crippen molar-refractivity contribution < 1.29 is 8.42 Å². The molecule has 0 N–H and O–H groups in total. The Morgan fingerprint density at radius 2 is 2.08 bits per heavy atom. The van der Waals surface area contributed by atoms with Crippen LogP contribution in [0, 0.1) is 6.92 Å². The van der Waals surface area contributed by atoms with Crippen LogP contribution < -0.4 is 0 Å². The maximum Gasteiger partial charge on any atom is 0.246 e. The zero-order valence-corrected chi connectivity index (χ0v) is 15.9. The molecular formula is C16H17ClN6O2S. The SMILES string of the molecule is Cc1c(S(=O)(=O)N2CC=C(c3cc4ncnn4cc3Cl)CC2)cnn1C. The Hall–Kier alpha value is -2.23. The van der Waals surface area contributed by atoms with E-state index < -0.39 is 10.0 Å². The van der Waals surface area contributed by atoms with Crippen LogP contribution in [0.25, 0.3) is 11.2 Å². The lowest BCUT2D eigenvalue weighted by Gasteiger charge is -2.26. The molecule has 8 nitrogen and oxygen atoms in total. The highest BCUT2D eigenvalue weighted by Crippen LogP contribution is 2.31. The minimum Gasteiger partial charge on any atom is -0.272 e. The molecule has 0 bridgehead atoms. The first-order valence-electron chi connectivity index (χ1n) is 8.05.